The summed E-state index contributed by atoms with van der Waals surface area (Å²) in [6, 6.07) is 0.189. The van der Waals surface area contributed by atoms with Crippen LogP contribution in [0.4, 0.5) is 0 Å². The monoisotopic (exact) mass is 239 g/mol. The molecule has 0 aromatic rings. The second kappa shape index (κ2) is 5.00. The molecule has 0 N–H and O–H groups in total. The van der Waals surface area contributed by atoms with Gasteiger partial charge in [-0.25, -0.2) is 0 Å². The lowest BCUT2D eigenvalue weighted by atomic mass is 9.98. The Balaban J connectivity index is 2.34. The van der Waals surface area contributed by atoms with Crippen molar-refractivity contribution in [2.45, 2.75) is 12.1 Å². The van der Waals surface area contributed by atoms with Crippen LogP contribution < -0.4 is 0 Å². The zero-order chi connectivity index (χ0) is 10.8. The molecule has 1 aliphatic rings. The largest absolute Gasteiger partial charge is 0.379 e. The van der Waals surface area contributed by atoms with Gasteiger partial charge in [-0.15, -0.1) is 0 Å². The number of hydrogen-bond acceptors (Lipinski definition) is 4. The zero-order valence-electron chi connectivity index (χ0n) is 8.77. The molecule has 0 aromatic carbocycles. The number of ether oxygens (including phenoxy) is 1. The van der Waals surface area contributed by atoms with Crippen molar-refractivity contribution in [3.63, 3.8) is 0 Å². The molecule has 0 saturated carbocycles. The molecule has 0 aliphatic carbocycles. The Hall–Kier alpha value is 0.465. The highest BCUT2D eigenvalue weighted by Gasteiger charge is 2.24. The van der Waals surface area contributed by atoms with E-state index < -0.39 is 6.72 Å². The minimum atomic E-state index is -2.90. The van der Waals surface area contributed by atoms with Gasteiger partial charge in [-0.3, -0.25) is 4.57 Å². The first kappa shape index (κ1) is 12.5. The number of morpholine rings is 1. The van der Waals surface area contributed by atoms with Crippen LogP contribution >= 0.6 is 18.0 Å². The molecule has 0 bridgehead atoms. The van der Waals surface area contributed by atoms with Crippen molar-refractivity contribution in [2.75, 3.05) is 33.4 Å². The molecule has 0 spiro atoms. The Bertz CT molecular complexity index is 227. The molecule has 0 aromatic heterocycles. The van der Waals surface area contributed by atoms with Crippen LogP contribution in [0.3, 0.4) is 0 Å². The summed E-state index contributed by atoms with van der Waals surface area (Å²) in [7, 11) is 4.03. The third-order valence-electron chi connectivity index (χ3n) is 2.00. The minimum Gasteiger partial charge on any atom is -0.379 e. The van der Waals surface area contributed by atoms with Gasteiger partial charge in [0.2, 0.25) is 0 Å². The van der Waals surface area contributed by atoms with Gasteiger partial charge in [0, 0.05) is 25.8 Å². The lowest BCUT2D eigenvalue weighted by molar-refractivity contribution is -0.0588. The highest BCUT2D eigenvalue weighted by atomic mass is 35.7. The van der Waals surface area contributed by atoms with Crippen molar-refractivity contribution in [3.8, 4) is 0 Å². The van der Waals surface area contributed by atoms with Gasteiger partial charge in [-0.2, -0.15) is 0 Å². The Morgan fingerprint density at radius 1 is 1.71 bits per heavy atom. The first-order valence-electron chi connectivity index (χ1n) is 4.62. The van der Waals surface area contributed by atoms with Gasteiger partial charge in [0.1, 0.15) is 7.85 Å². The first-order valence-corrected chi connectivity index (χ1v) is 7.60. The van der Waals surface area contributed by atoms with E-state index in [4.69, 9.17) is 20.5 Å². The number of rotatable bonds is 3. The average molecular weight is 239 g/mol. The third-order valence-corrected chi connectivity index (χ3v) is 2.90. The summed E-state index contributed by atoms with van der Waals surface area (Å²) in [5.74, 6) is 0. The minimum absolute atomic E-state index is 0.0317. The normalized spacial score (nSPS) is 33.9. The number of nitrogens with zero attached hydrogens (tertiary/aromatic N) is 1. The van der Waals surface area contributed by atoms with Crippen molar-refractivity contribution >= 4 is 25.8 Å². The van der Waals surface area contributed by atoms with E-state index in [9.17, 15) is 4.57 Å². The van der Waals surface area contributed by atoms with E-state index in [1.54, 1.807) is 0 Å². The van der Waals surface area contributed by atoms with Crippen LogP contribution in [0.2, 0.25) is 0 Å². The maximum Gasteiger partial charge on any atom is 0.287 e. The SMILES string of the molecule is BC1CN(C)CC(COP(C)(=O)Cl)O1. The first-order chi connectivity index (χ1) is 6.37. The smallest absolute Gasteiger partial charge is 0.287 e. The van der Waals surface area contributed by atoms with Crippen LogP contribution in [0.1, 0.15) is 0 Å². The van der Waals surface area contributed by atoms with Crippen LogP contribution in [0.15, 0.2) is 0 Å². The Morgan fingerprint density at radius 2 is 2.36 bits per heavy atom. The zero-order valence-corrected chi connectivity index (χ0v) is 10.4. The maximum absolute atomic E-state index is 11.1. The summed E-state index contributed by atoms with van der Waals surface area (Å²) < 4.78 is 21.7. The molecular weight excluding hydrogens is 223 g/mol. The summed E-state index contributed by atoms with van der Waals surface area (Å²) in [4.78, 5) is 2.16. The standard InChI is InChI=1S/C7H16BClNO3P/c1-10-3-6(13-7(8)4-10)5-12-14(2,9)11/h6-7H,3-5,8H2,1-2H3. The molecule has 3 unspecified atom stereocenters. The highest BCUT2D eigenvalue weighted by molar-refractivity contribution is 7.84. The van der Waals surface area contributed by atoms with E-state index in [1.165, 1.54) is 6.66 Å². The lowest BCUT2D eigenvalue weighted by Crippen LogP contribution is -2.47. The molecule has 1 rings (SSSR count). The molecule has 1 saturated heterocycles. The molecule has 1 fully saturated rings. The Kier molecular flexibility index (Phi) is 4.47. The Labute approximate surface area is 90.5 Å². The summed E-state index contributed by atoms with van der Waals surface area (Å²) in [5, 5.41) is 0. The predicted molar refractivity (Wildman–Crippen MR) is 60.0 cm³/mol. The second-order valence-electron chi connectivity index (χ2n) is 3.83. The fourth-order valence-electron chi connectivity index (χ4n) is 1.58. The number of hydrogen-bond donors (Lipinski definition) is 0. The highest BCUT2D eigenvalue weighted by Crippen LogP contribution is 2.48. The Morgan fingerprint density at radius 3 is 2.86 bits per heavy atom. The lowest BCUT2D eigenvalue weighted by Gasteiger charge is -2.34. The van der Waals surface area contributed by atoms with E-state index in [2.05, 4.69) is 4.90 Å². The summed E-state index contributed by atoms with van der Waals surface area (Å²) in [6.45, 7) is 0.504. The van der Waals surface area contributed by atoms with Crippen LogP contribution in [-0.2, 0) is 13.8 Å². The topological polar surface area (TPSA) is 38.8 Å². The van der Waals surface area contributed by atoms with Gasteiger partial charge in [0.05, 0.1) is 12.7 Å². The van der Waals surface area contributed by atoms with Crippen LogP contribution in [0.5, 0.6) is 0 Å². The van der Waals surface area contributed by atoms with Gasteiger partial charge in [0.15, 0.2) is 0 Å². The van der Waals surface area contributed by atoms with E-state index in [-0.39, 0.29) is 12.1 Å². The summed E-state index contributed by atoms with van der Waals surface area (Å²) >= 11 is 5.49. The molecule has 0 amide bonds. The molecule has 1 aliphatic heterocycles. The van der Waals surface area contributed by atoms with Crippen molar-refractivity contribution in [1.82, 2.24) is 4.90 Å². The molecule has 3 atom stereocenters. The molecular formula is C7H16BClNO3P. The predicted octanol–water partition coefficient (Wildman–Crippen LogP) is 0.354. The third kappa shape index (κ3) is 4.81. The molecule has 82 valence electrons. The fourth-order valence-corrected chi connectivity index (χ4v) is 2.19. The molecule has 4 nitrogen and oxygen atoms in total. The van der Waals surface area contributed by atoms with Gasteiger partial charge in [0.25, 0.3) is 6.72 Å². The van der Waals surface area contributed by atoms with Gasteiger partial charge in [-0.05, 0) is 18.3 Å². The number of likely N-dealkylation sites (N-methyl/N-ethyl adjacent to an activating group) is 1. The van der Waals surface area contributed by atoms with Crippen LogP contribution in [0.25, 0.3) is 0 Å². The van der Waals surface area contributed by atoms with Crippen LogP contribution in [-0.4, -0.2) is 58.3 Å². The van der Waals surface area contributed by atoms with E-state index in [0.717, 1.165) is 13.1 Å². The summed E-state index contributed by atoms with van der Waals surface area (Å²) in [6.07, 6.45) is -0.0317. The maximum atomic E-state index is 11.1. The second-order valence-corrected chi connectivity index (χ2v) is 7.43. The average Bonchev–Trinajstić information content (AvgIpc) is 1.97. The molecule has 1 heterocycles. The van der Waals surface area contributed by atoms with Crippen molar-refractivity contribution < 1.29 is 13.8 Å². The fraction of sp³-hybridized carbons (Fsp3) is 1.00. The van der Waals surface area contributed by atoms with Crippen molar-refractivity contribution in [2.24, 2.45) is 0 Å². The van der Waals surface area contributed by atoms with Gasteiger partial charge < -0.3 is 14.2 Å². The summed E-state index contributed by atoms with van der Waals surface area (Å²) in [5.41, 5.74) is 0. The van der Waals surface area contributed by atoms with Gasteiger partial charge >= 0.3 is 0 Å². The van der Waals surface area contributed by atoms with E-state index in [1.807, 2.05) is 14.9 Å². The van der Waals surface area contributed by atoms with Gasteiger partial charge in [-0.1, -0.05) is 0 Å². The van der Waals surface area contributed by atoms with Crippen molar-refractivity contribution in [3.05, 3.63) is 0 Å². The molecule has 0 radical (unpaired) electrons. The van der Waals surface area contributed by atoms with E-state index in [0.29, 0.717) is 6.61 Å². The van der Waals surface area contributed by atoms with Crippen LogP contribution in [0, 0.1) is 0 Å². The van der Waals surface area contributed by atoms with Crippen molar-refractivity contribution in [1.29, 1.82) is 0 Å². The quantitative estimate of drug-likeness (QED) is 0.526. The molecule has 7 heteroatoms. The van der Waals surface area contributed by atoms with E-state index >= 15 is 0 Å². The number of halogens is 1. The molecule has 14 heavy (non-hydrogen) atoms.